The van der Waals surface area contributed by atoms with Crippen LogP contribution in [0.15, 0.2) is 54.6 Å². The van der Waals surface area contributed by atoms with Crippen molar-refractivity contribution in [1.29, 1.82) is 0 Å². The number of carbonyl (C=O) groups is 2. The average molecular weight is 326 g/mol. The van der Waals surface area contributed by atoms with Gasteiger partial charge in [0.2, 0.25) is 11.8 Å². The van der Waals surface area contributed by atoms with Crippen LogP contribution in [0, 0.1) is 0 Å². The second-order valence-corrected chi connectivity index (χ2v) is 5.38. The van der Waals surface area contributed by atoms with Gasteiger partial charge in [-0.05, 0) is 29.8 Å². The molecule has 24 heavy (non-hydrogen) atoms. The minimum absolute atomic E-state index is 0.0846. The van der Waals surface area contributed by atoms with Crippen LogP contribution in [0.25, 0.3) is 0 Å². The molecule has 0 aliphatic rings. The molecule has 2 aromatic rings. The lowest BCUT2D eigenvalue weighted by atomic mass is 10.2. The Morgan fingerprint density at radius 1 is 1.04 bits per heavy atom. The summed E-state index contributed by atoms with van der Waals surface area (Å²) in [7, 11) is 1.59. The highest BCUT2D eigenvalue weighted by Crippen LogP contribution is 2.19. The summed E-state index contributed by atoms with van der Waals surface area (Å²) in [5, 5.41) is 2.87. The van der Waals surface area contributed by atoms with Crippen molar-refractivity contribution in [3.63, 3.8) is 0 Å². The normalized spacial score (nSPS) is 10.1. The summed E-state index contributed by atoms with van der Waals surface area (Å²) in [6.45, 7) is 2.32. The van der Waals surface area contributed by atoms with Crippen molar-refractivity contribution in [1.82, 2.24) is 5.32 Å². The zero-order valence-electron chi connectivity index (χ0n) is 14.0. The van der Waals surface area contributed by atoms with Crippen molar-refractivity contribution in [3.05, 3.63) is 60.2 Å². The molecule has 2 aromatic carbocycles. The maximum absolute atomic E-state index is 12.0. The quantitative estimate of drug-likeness (QED) is 0.851. The van der Waals surface area contributed by atoms with Gasteiger partial charge >= 0.3 is 0 Å². The van der Waals surface area contributed by atoms with Gasteiger partial charge in [-0.2, -0.15) is 0 Å². The van der Waals surface area contributed by atoms with E-state index < -0.39 is 0 Å². The van der Waals surface area contributed by atoms with Crippen molar-refractivity contribution in [3.8, 4) is 5.75 Å². The Bertz CT molecular complexity index is 669. The number of anilines is 1. The van der Waals surface area contributed by atoms with Gasteiger partial charge in [0.25, 0.3) is 0 Å². The van der Waals surface area contributed by atoms with Crippen LogP contribution < -0.4 is 15.0 Å². The Morgan fingerprint density at radius 3 is 2.29 bits per heavy atom. The molecule has 0 aliphatic heterocycles. The van der Waals surface area contributed by atoms with Gasteiger partial charge in [0.05, 0.1) is 7.11 Å². The number of amides is 2. The van der Waals surface area contributed by atoms with E-state index in [0.29, 0.717) is 13.1 Å². The summed E-state index contributed by atoms with van der Waals surface area (Å²) in [5.74, 6) is 0.539. The van der Waals surface area contributed by atoms with Crippen molar-refractivity contribution in [2.45, 2.75) is 19.9 Å². The van der Waals surface area contributed by atoms with Gasteiger partial charge < -0.3 is 15.0 Å². The molecule has 0 bridgehead atoms. The highest BCUT2D eigenvalue weighted by molar-refractivity contribution is 5.92. The van der Waals surface area contributed by atoms with Crippen LogP contribution in [-0.2, 0) is 16.1 Å². The number of benzene rings is 2. The van der Waals surface area contributed by atoms with Crippen LogP contribution in [0.1, 0.15) is 18.9 Å². The molecule has 0 saturated carbocycles. The van der Waals surface area contributed by atoms with E-state index in [-0.39, 0.29) is 18.2 Å². The maximum Gasteiger partial charge on any atom is 0.223 e. The van der Waals surface area contributed by atoms with Gasteiger partial charge in [-0.1, -0.05) is 30.3 Å². The van der Waals surface area contributed by atoms with E-state index in [2.05, 4.69) is 5.32 Å². The highest BCUT2D eigenvalue weighted by atomic mass is 16.5. The predicted octanol–water partition coefficient (Wildman–Crippen LogP) is 2.75. The van der Waals surface area contributed by atoms with E-state index in [0.717, 1.165) is 17.0 Å². The Hall–Kier alpha value is -2.82. The molecule has 0 atom stereocenters. The van der Waals surface area contributed by atoms with Crippen molar-refractivity contribution in [2.24, 2.45) is 0 Å². The number of ether oxygens (including phenoxy) is 1. The molecule has 0 unspecified atom stereocenters. The maximum atomic E-state index is 12.0. The van der Waals surface area contributed by atoms with E-state index >= 15 is 0 Å². The molecule has 0 aliphatic carbocycles. The molecule has 0 heterocycles. The summed E-state index contributed by atoms with van der Waals surface area (Å²) in [6, 6.07) is 16.9. The van der Waals surface area contributed by atoms with E-state index in [1.54, 1.807) is 24.1 Å². The molecule has 5 heteroatoms. The molecule has 126 valence electrons. The van der Waals surface area contributed by atoms with Gasteiger partial charge in [-0.3, -0.25) is 9.59 Å². The monoisotopic (exact) mass is 326 g/mol. The van der Waals surface area contributed by atoms with Gasteiger partial charge in [0, 0.05) is 32.1 Å². The number of carbonyl (C=O) groups excluding carboxylic acids is 2. The number of nitrogens with one attached hydrogen (secondary N) is 1. The lowest BCUT2D eigenvalue weighted by Gasteiger charge is -2.21. The molecule has 2 amide bonds. The standard InChI is InChI=1S/C19H22N2O3/c1-15(22)21(17-8-10-18(24-2)11-9-17)13-12-19(23)20-14-16-6-4-3-5-7-16/h3-11H,12-14H2,1-2H3,(H,20,23). The minimum Gasteiger partial charge on any atom is -0.497 e. The lowest BCUT2D eigenvalue weighted by Crippen LogP contribution is -2.33. The van der Waals surface area contributed by atoms with Crippen molar-refractivity contribution in [2.75, 3.05) is 18.6 Å². The Labute approximate surface area is 142 Å². The topological polar surface area (TPSA) is 58.6 Å². The SMILES string of the molecule is COc1ccc(N(CCC(=O)NCc2ccccc2)C(C)=O)cc1. The number of methoxy groups -OCH3 is 1. The smallest absolute Gasteiger partial charge is 0.223 e. The van der Waals surface area contributed by atoms with E-state index in [1.807, 2.05) is 42.5 Å². The molecule has 0 fully saturated rings. The summed E-state index contributed by atoms with van der Waals surface area (Å²) >= 11 is 0. The predicted molar refractivity (Wildman–Crippen MR) is 93.9 cm³/mol. The molecule has 0 saturated heterocycles. The summed E-state index contributed by atoms with van der Waals surface area (Å²) in [6.07, 6.45) is 0.248. The minimum atomic E-state index is -0.101. The summed E-state index contributed by atoms with van der Waals surface area (Å²) in [5.41, 5.74) is 1.79. The first-order chi connectivity index (χ1) is 11.6. The first-order valence-electron chi connectivity index (χ1n) is 7.83. The largest absolute Gasteiger partial charge is 0.497 e. The second-order valence-electron chi connectivity index (χ2n) is 5.38. The van der Waals surface area contributed by atoms with Gasteiger partial charge in [0.15, 0.2) is 0 Å². The Kier molecular flexibility index (Phi) is 6.37. The number of hydrogen-bond acceptors (Lipinski definition) is 3. The molecule has 0 spiro atoms. The zero-order valence-corrected chi connectivity index (χ0v) is 14.0. The van der Waals surface area contributed by atoms with Crippen LogP contribution in [-0.4, -0.2) is 25.5 Å². The summed E-state index contributed by atoms with van der Waals surface area (Å²) in [4.78, 5) is 25.4. The average Bonchev–Trinajstić information content (AvgIpc) is 2.61. The highest BCUT2D eigenvalue weighted by Gasteiger charge is 2.13. The third-order valence-corrected chi connectivity index (χ3v) is 3.66. The number of nitrogens with zero attached hydrogens (tertiary/aromatic N) is 1. The van der Waals surface area contributed by atoms with Crippen LogP contribution in [0.2, 0.25) is 0 Å². The fraction of sp³-hybridized carbons (Fsp3) is 0.263. The third kappa shape index (κ3) is 5.12. The number of rotatable bonds is 7. The fourth-order valence-electron chi connectivity index (χ4n) is 2.33. The zero-order chi connectivity index (χ0) is 17.4. The third-order valence-electron chi connectivity index (χ3n) is 3.66. The van der Waals surface area contributed by atoms with Crippen LogP contribution in [0.5, 0.6) is 5.75 Å². The van der Waals surface area contributed by atoms with E-state index in [1.165, 1.54) is 6.92 Å². The van der Waals surface area contributed by atoms with E-state index in [9.17, 15) is 9.59 Å². The molecule has 0 radical (unpaired) electrons. The van der Waals surface area contributed by atoms with Crippen molar-refractivity contribution >= 4 is 17.5 Å². The first kappa shape index (κ1) is 17.5. The Balaban J connectivity index is 1.88. The fourth-order valence-corrected chi connectivity index (χ4v) is 2.33. The molecule has 0 aromatic heterocycles. The van der Waals surface area contributed by atoms with Gasteiger partial charge in [-0.25, -0.2) is 0 Å². The Morgan fingerprint density at radius 2 is 1.71 bits per heavy atom. The second kappa shape index (κ2) is 8.72. The summed E-state index contributed by atoms with van der Waals surface area (Å²) < 4.78 is 5.11. The van der Waals surface area contributed by atoms with Crippen LogP contribution in [0.4, 0.5) is 5.69 Å². The van der Waals surface area contributed by atoms with Crippen LogP contribution >= 0.6 is 0 Å². The molecule has 2 rings (SSSR count). The lowest BCUT2D eigenvalue weighted by molar-refractivity contribution is -0.121. The molecule has 5 nitrogen and oxygen atoms in total. The van der Waals surface area contributed by atoms with Gasteiger partial charge in [0.1, 0.15) is 5.75 Å². The van der Waals surface area contributed by atoms with Crippen LogP contribution in [0.3, 0.4) is 0 Å². The van der Waals surface area contributed by atoms with Gasteiger partial charge in [-0.15, -0.1) is 0 Å². The molecular formula is C19H22N2O3. The molecular weight excluding hydrogens is 304 g/mol. The van der Waals surface area contributed by atoms with E-state index in [4.69, 9.17) is 4.74 Å². The first-order valence-corrected chi connectivity index (χ1v) is 7.83. The van der Waals surface area contributed by atoms with Crippen molar-refractivity contribution < 1.29 is 14.3 Å². The number of hydrogen-bond donors (Lipinski definition) is 1. The molecule has 1 N–H and O–H groups in total.